The first-order valence-electron chi connectivity index (χ1n) is 13.0. The molecule has 1 aliphatic carbocycles. The normalized spacial score (nSPS) is 19.9. The maximum atomic E-state index is 15.2. The fraction of sp³-hybridized carbons (Fsp3) is 0.500. The standard InChI is InChI=1S/C28H33F4N5O2/c1-5-16(11-23(39-4)17(13-33)14-34-19-7-8-19)26-35-24(20-9-6-18(12-22(20)29)28(30,31)32)21-10-15(2)37(3)27(38)25(21)36-26/h6,9,12-16,19,23H,5,7-8,10-11,33H2,1-4H3/b17-13+,34-14?. The number of aromatic nitrogens is 2. The Bertz CT molecular complexity index is 1290. The molecule has 2 N–H and O–H groups in total. The zero-order valence-corrected chi connectivity index (χ0v) is 22.4. The van der Waals surface area contributed by atoms with Crippen molar-refractivity contribution in [1.29, 1.82) is 0 Å². The summed E-state index contributed by atoms with van der Waals surface area (Å²) in [5, 5.41) is 0. The second-order valence-electron chi connectivity index (χ2n) is 10.2. The van der Waals surface area contributed by atoms with Gasteiger partial charge in [0.05, 0.1) is 23.4 Å². The molecule has 3 unspecified atom stereocenters. The van der Waals surface area contributed by atoms with E-state index < -0.39 is 23.7 Å². The summed E-state index contributed by atoms with van der Waals surface area (Å²) in [5.41, 5.74) is 6.05. The van der Waals surface area contributed by atoms with Gasteiger partial charge in [-0.1, -0.05) is 6.92 Å². The molecule has 3 atom stereocenters. The number of halogens is 4. The van der Waals surface area contributed by atoms with E-state index in [0.717, 1.165) is 25.0 Å². The van der Waals surface area contributed by atoms with E-state index in [1.165, 1.54) is 6.20 Å². The molecule has 0 bridgehead atoms. The Morgan fingerprint density at radius 2 is 1.97 bits per heavy atom. The molecule has 2 aliphatic rings. The molecule has 0 saturated heterocycles. The highest BCUT2D eigenvalue weighted by Gasteiger charge is 2.35. The lowest BCUT2D eigenvalue weighted by atomic mass is 9.90. The minimum Gasteiger partial charge on any atom is -0.404 e. The van der Waals surface area contributed by atoms with Crippen LogP contribution in [0.5, 0.6) is 0 Å². The highest BCUT2D eigenvalue weighted by molar-refractivity contribution is 5.96. The van der Waals surface area contributed by atoms with Crippen molar-refractivity contribution in [2.24, 2.45) is 10.7 Å². The number of alkyl halides is 3. The Balaban J connectivity index is 1.79. The number of hydrogen-bond acceptors (Lipinski definition) is 6. The molecule has 1 aliphatic heterocycles. The van der Waals surface area contributed by atoms with Crippen LogP contribution in [0, 0.1) is 5.82 Å². The number of amides is 1. The van der Waals surface area contributed by atoms with Gasteiger partial charge in [-0.2, -0.15) is 13.2 Å². The quantitative estimate of drug-likeness (QED) is 0.340. The molecule has 39 heavy (non-hydrogen) atoms. The molecule has 1 saturated carbocycles. The number of ether oxygens (including phenoxy) is 1. The van der Waals surface area contributed by atoms with Gasteiger partial charge in [0, 0.05) is 55.2 Å². The summed E-state index contributed by atoms with van der Waals surface area (Å²) in [4.78, 5) is 28.6. The number of nitrogens with two attached hydrogens (primary N) is 1. The van der Waals surface area contributed by atoms with E-state index in [1.807, 2.05) is 13.8 Å². The number of hydrogen-bond donors (Lipinski definition) is 1. The van der Waals surface area contributed by atoms with Crippen LogP contribution in [0.4, 0.5) is 17.6 Å². The maximum Gasteiger partial charge on any atom is 0.416 e. The molecule has 0 radical (unpaired) electrons. The number of likely N-dealkylation sites (N-methyl/N-ethyl adjacent to an activating group) is 1. The van der Waals surface area contributed by atoms with Gasteiger partial charge in [0.2, 0.25) is 0 Å². The van der Waals surface area contributed by atoms with Gasteiger partial charge in [0.1, 0.15) is 17.3 Å². The van der Waals surface area contributed by atoms with Crippen LogP contribution in [0.1, 0.15) is 72.9 Å². The predicted octanol–water partition coefficient (Wildman–Crippen LogP) is 5.29. The van der Waals surface area contributed by atoms with Gasteiger partial charge in [0.15, 0.2) is 0 Å². The average molecular weight is 548 g/mol. The predicted molar refractivity (Wildman–Crippen MR) is 140 cm³/mol. The zero-order valence-electron chi connectivity index (χ0n) is 22.4. The highest BCUT2D eigenvalue weighted by Crippen LogP contribution is 2.37. The first-order chi connectivity index (χ1) is 18.5. The summed E-state index contributed by atoms with van der Waals surface area (Å²) in [6.45, 7) is 3.77. The molecule has 7 nitrogen and oxygen atoms in total. The van der Waals surface area contributed by atoms with Crippen LogP contribution in [-0.4, -0.2) is 59.3 Å². The van der Waals surface area contributed by atoms with Gasteiger partial charge in [-0.25, -0.2) is 14.4 Å². The Labute approximate surface area is 225 Å². The lowest BCUT2D eigenvalue weighted by Gasteiger charge is -2.32. The molecule has 1 aromatic heterocycles. The van der Waals surface area contributed by atoms with Crippen molar-refractivity contribution in [3.05, 3.63) is 58.4 Å². The Hall–Kier alpha value is -3.34. The first-order valence-corrected chi connectivity index (χ1v) is 13.0. The van der Waals surface area contributed by atoms with Crippen molar-refractivity contribution >= 4 is 12.1 Å². The minimum atomic E-state index is -4.69. The molecule has 210 valence electrons. The molecule has 4 rings (SSSR count). The van der Waals surface area contributed by atoms with E-state index in [4.69, 9.17) is 10.5 Å². The fourth-order valence-corrected chi connectivity index (χ4v) is 4.69. The van der Waals surface area contributed by atoms with Crippen LogP contribution >= 0.6 is 0 Å². The van der Waals surface area contributed by atoms with Crippen molar-refractivity contribution in [2.45, 2.75) is 76.2 Å². The number of rotatable bonds is 9. The van der Waals surface area contributed by atoms with Crippen molar-refractivity contribution in [1.82, 2.24) is 14.9 Å². The van der Waals surface area contributed by atoms with E-state index in [-0.39, 0.29) is 34.8 Å². The summed E-state index contributed by atoms with van der Waals surface area (Å²) >= 11 is 0. The van der Waals surface area contributed by atoms with Gasteiger partial charge in [-0.3, -0.25) is 9.79 Å². The lowest BCUT2D eigenvalue weighted by Crippen LogP contribution is -2.42. The van der Waals surface area contributed by atoms with Gasteiger partial charge in [-0.05, 0) is 57.2 Å². The van der Waals surface area contributed by atoms with E-state index in [9.17, 15) is 18.0 Å². The first kappa shape index (κ1) is 28.7. The van der Waals surface area contributed by atoms with Gasteiger partial charge < -0.3 is 15.4 Å². The monoisotopic (exact) mass is 547 g/mol. The number of methoxy groups -OCH3 is 1. The van der Waals surface area contributed by atoms with Crippen molar-refractivity contribution in [2.75, 3.05) is 14.2 Å². The van der Waals surface area contributed by atoms with Gasteiger partial charge in [-0.15, -0.1) is 0 Å². The molecule has 11 heteroatoms. The number of carbonyl (C=O) groups excluding carboxylic acids is 1. The molecule has 1 fully saturated rings. The third kappa shape index (κ3) is 6.13. The molecule has 1 amide bonds. The highest BCUT2D eigenvalue weighted by atomic mass is 19.4. The minimum absolute atomic E-state index is 0.107. The third-order valence-corrected chi connectivity index (χ3v) is 7.45. The maximum absolute atomic E-state index is 15.2. The summed E-state index contributed by atoms with van der Waals surface area (Å²) in [6.07, 6.45) is 1.41. The Kier molecular flexibility index (Phi) is 8.39. The van der Waals surface area contributed by atoms with Crippen molar-refractivity contribution in [3.8, 4) is 11.3 Å². The number of carbonyl (C=O) groups is 1. The molecule has 2 heterocycles. The molecular formula is C28H33F4N5O2. The van der Waals surface area contributed by atoms with Crippen LogP contribution in [-0.2, 0) is 17.3 Å². The van der Waals surface area contributed by atoms with Crippen LogP contribution in [0.15, 0.2) is 35.0 Å². The van der Waals surface area contributed by atoms with E-state index in [2.05, 4.69) is 15.0 Å². The number of fused-ring (bicyclic) bond motifs is 1. The van der Waals surface area contributed by atoms with Gasteiger partial charge in [0.25, 0.3) is 5.91 Å². The SMILES string of the molecule is CCC(CC(OC)/C(C=NC1CC1)=C/N)c1nc2c(c(-c3ccc(C(F)(F)F)cc3F)n1)CC(C)N(C)C2=O. The molecule has 1 aromatic carbocycles. The largest absolute Gasteiger partial charge is 0.416 e. The van der Waals surface area contributed by atoms with Crippen LogP contribution in [0.25, 0.3) is 11.3 Å². The summed E-state index contributed by atoms with van der Waals surface area (Å²) < 4.78 is 60.5. The van der Waals surface area contributed by atoms with Crippen LogP contribution in [0.3, 0.4) is 0 Å². The van der Waals surface area contributed by atoms with Gasteiger partial charge >= 0.3 is 6.18 Å². The van der Waals surface area contributed by atoms with Crippen LogP contribution in [0.2, 0.25) is 0 Å². The smallest absolute Gasteiger partial charge is 0.404 e. The average Bonchev–Trinajstić information content (AvgIpc) is 3.73. The summed E-state index contributed by atoms with van der Waals surface area (Å²) in [5.74, 6) is -1.45. The third-order valence-electron chi connectivity index (χ3n) is 7.45. The molecular weight excluding hydrogens is 514 g/mol. The number of nitrogens with zero attached hydrogens (tertiary/aromatic N) is 4. The number of aliphatic imine (C=N–C) groups is 1. The van der Waals surface area contributed by atoms with Crippen molar-refractivity contribution in [3.63, 3.8) is 0 Å². The van der Waals surface area contributed by atoms with E-state index in [0.29, 0.717) is 48.3 Å². The zero-order chi connectivity index (χ0) is 28.5. The fourth-order valence-electron chi connectivity index (χ4n) is 4.69. The Morgan fingerprint density at radius 1 is 1.28 bits per heavy atom. The van der Waals surface area contributed by atoms with E-state index in [1.54, 1.807) is 25.3 Å². The molecule has 2 aromatic rings. The summed E-state index contributed by atoms with van der Waals surface area (Å²) in [7, 11) is 3.22. The van der Waals surface area contributed by atoms with Crippen molar-refractivity contribution < 1.29 is 27.1 Å². The number of benzene rings is 1. The van der Waals surface area contributed by atoms with Crippen LogP contribution < -0.4 is 5.73 Å². The van der Waals surface area contributed by atoms with E-state index >= 15 is 4.39 Å². The second-order valence-corrected chi connectivity index (χ2v) is 10.2. The topological polar surface area (TPSA) is 93.7 Å². The second kappa shape index (κ2) is 11.4. The summed E-state index contributed by atoms with van der Waals surface area (Å²) in [6, 6.07) is 2.43. The molecule has 0 spiro atoms. The Morgan fingerprint density at radius 3 is 2.54 bits per heavy atom. The lowest BCUT2D eigenvalue weighted by molar-refractivity contribution is -0.137.